The molecule has 0 unspecified atom stereocenters. The van der Waals surface area contributed by atoms with Crippen molar-refractivity contribution in [2.24, 2.45) is 0 Å². The molecule has 5 nitrogen and oxygen atoms in total. The van der Waals surface area contributed by atoms with Crippen molar-refractivity contribution in [2.45, 2.75) is 44.2 Å². The van der Waals surface area contributed by atoms with Gasteiger partial charge in [-0.2, -0.15) is 26.3 Å². The van der Waals surface area contributed by atoms with E-state index in [4.69, 9.17) is 11.6 Å². The summed E-state index contributed by atoms with van der Waals surface area (Å²) in [6.07, 6.45) is -7.36. The van der Waals surface area contributed by atoms with E-state index in [1.807, 2.05) is 0 Å². The van der Waals surface area contributed by atoms with Crippen LogP contribution in [-0.4, -0.2) is 27.0 Å². The zero-order valence-electron chi connectivity index (χ0n) is 15.0. The quantitative estimate of drug-likeness (QED) is 0.517. The second kappa shape index (κ2) is 7.00. The summed E-state index contributed by atoms with van der Waals surface area (Å²) < 4.78 is 76.7. The molecule has 0 radical (unpaired) electrons. The molecule has 4 rings (SSSR count). The fraction of sp³-hybridized carbons (Fsp3) is 0.389. The summed E-state index contributed by atoms with van der Waals surface area (Å²) in [6.45, 7) is -0.377. The van der Waals surface area contributed by atoms with Crippen molar-refractivity contribution >= 4 is 29.1 Å². The number of carbonyl (C=O) groups is 1. The van der Waals surface area contributed by atoms with Crippen molar-refractivity contribution in [2.75, 3.05) is 5.32 Å². The number of rotatable bonds is 3. The summed E-state index contributed by atoms with van der Waals surface area (Å²) in [5, 5.41) is 2.05. The molecular weight excluding hydrogens is 438 g/mol. The Labute approximate surface area is 171 Å². The Bertz CT molecular complexity index is 1020. The molecule has 30 heavy (non-hydrogen) atoms. The van der Waals surface area contributed by atoms with Gasteiger partial charge in [-0.1, -0.05) is 17.7 Å². The van der Waals surface area contributed by atoms with E-state index >= 15 is 0 Å². The van der Waals surface area contributed by atoms with E-state index in [-0.39, 0.29) is 25.0 Å². The third-order valence-electron chi connectivity index (χ3n) is 4.94. The second-order valence-corrected chi connectivity index (χ2v) is 7.52. The number of aromatic nitrogens is 2. The van der Waals surface area contributed by atoms with Crippen LogP contribution in [0.1, 0.15) is 41.0 Å². The Kier molecular flexibility index (Phi) is 4.83. The molecular formula is C18H13ClF6N4O. The van der Waals surface area contributed by atoms with Gasteiger partial charge in [-0.25, -0.2) is 9.97 Å². The molecule has 1 N–H and O–H groups in total. The van der Waals surface area contributed by atoms with Crippen LogP contribution in [0.25, 0.3) is 0 Å². The summed E-state index contributed by atoms with van der Waals surface area (Å²) in [5.41, 5.74) is 1.19. The van der Waals surface area contributed by atoms with Crippen LogP contribution in [0.5, 0.6) is 0 Å². The van der Waals surface area contributed by atoms with Crippen molar-refractivity contribution in [3.05, 3.63) is 45.7 Å². The number of halogens is 7. The van der Waals surface area contributed by atoms with E-state index in [0.717, 1.165) is 18.4 Å². The second-order valence-electron chi connectivity index (χ2n) is 7.16. The molecule has 2 aromatic rings. The topological polar surface area (TPSA) is 58.1 Å². The molecule has 1 amide bonds. The molecule has 1 aromatic carbocycles. The highest BCUT2D eigenvalue weighted by Gasteiger charge is 2.44. The number of hydrogen-bond acceptors (Lipinski definition) is 4. The maximum atomic E-state index is 12.8. The Morgan fingerprint density at radius 1 is 1.10 bits per heavy atom. The summed E-state index contributed by atoms with van der Waals surface area (Å²) in [4.78, 5) is 19.5. The van der Waals surface area contributed by atoms with Crippen LogP contribution < -0.4 is 5.32 Å². The predicted octanol–water partition coefficient (Wildman–Crippen LogP) is 5.17. The highest BCUT2D eigenvalue weighted by Crippen LogP contribution is 2.46. The van der Waals surface area contributed by atoms with E-state index in [2.05, 4.69) is 15.3 Å². The Morgan fingerprint density at radius 2 is 1.73 bits per heavy atom. The Balaban J connectivity index is 1.63. The first-order chi connectivity index (χ1) is 13.9. The number of benzene rings is 1. The zero-order chi connectivity index (χ0) is 21.8. The molecule has 0 atom stereocenters. The van der Waals surface area contributed by atoms with Crippen LogP contribution >= 0.6 is 11.6 Å². The van der Waals surface area contributed by atoms with Crippen molar-refractivity contribution in [3.8, 4) is 0 Å². The number of fused-ring (bicyclic) bond motifs is 1. The molecule has 0 spiro atoms. The number of carbonyl (C=O) groups excluding carboxylic acids is 1. The van der Waals surface area contributed by atoms with E-state index < -0.39 is 29.0 Å². The van der Waals surface area contributed by atoms with Gasteiger partial charge in [-0.3, -0.25) is 4.79 Å². The zero-order valence-corrected chi connectivity index (χ0v) is 15.8. The molecule has 12 heteroatoms. The lowest BCUT2D eigenvalue weighted by Gasteiger charge is -2.16. The molecule has 160 valence electrons. The molecule has 0 saturated heterocycles. The lowest BCUT2D eigenvalue weighted by Crippen LogP contribution is -2.37. The minimum atomic E-state index is -4.97. The van der Waals surface area contributed by atoms with E-state index in [1.54, 1.807) is 12.1 Å². The first kappa shape index (κ1) is 20.7. The molecule has 1 saturated carbocycles. The molecule has 1 aromatic heterocycles. The fourth-order valence-electron chi connectivity index (χ4n) is 3.37. The minimum absolute atomic E-state index is 0.156. The standard InChI is InChI=1S/C18H13ClF6N4O/c19-14-12(17(20,21)22)5-26-16(28-14)27-13-4-10-7-29(15(30)18(23,24)25)6-9(10)3-11(13)8-1-2-8/h3-5,8H,1-2,6-7H2,(H,26,27,28). The monoisotopic (exact) mass is 450 g/mol. The Hall–Kier alpha value is -2.56. The summed E-state index contributed by atoms with van der Waals surface area (Å²) in [5.74, 6) is -1.93. The number of anilines is 2. The normalized spacial score (nSPS) is 16.6. The molecule has 2 aliphatic rings. The van der Waals surface area contributed by atoms with Gasteiger partial charge in [0.05, 0.1) is 0 Å². The molecule has 2 heterocycles. The lowest BCUT2D eigenvalue weighted by atomic mass is 10.0. The van der Waals surface area contributed by atoms with Gasteiger partial charge in [0.25, 0.3) is 0 Å². The average molecular weight is 451 g/mol. The van der Waals surface area contributed by atoms with Crippen LogP contribution in [0.2, 0.25) is 5.15 Å². The Morgan fingerprint density at radius 3 is 2.27 bits per heavy atom. The summed E-state index contributed by atoms with van der Waals surface area (Å²) in [7, 11) is 0. The van der Waals surface area contributed by atoms with Gasteiger partial charge in [0, 0.05) is 25.0 Å². The van der Waals surface area contributed by atoms with Gasteiger partial charge < -0.3 is 10.2 Å². The predicted molar refractivity (Wildman–Crippen MR) is 94.1 cm³/mol. The molecule has 1 aliphatic heterocycles. The number of nitrogens with zero attached hydrogens (tertiary/aromatic N) is 3. The first-order valence-corrected chi connectivity index (χ1v) is 9.20. The van der Waals surface area contributed by atoms with Gasteiger partial charge in [-0.05, 0) is 41.5 Å². The maximum Gasteiger partial charge on any atom is 0.471 e. The van der Waals surface area contributed by atoms with Gasteiger partial charge in [0.15, 0.2) is 0 Å². The fourth-order valence-corrected chi connectivity index (χ4v) is 3.60. The van der Waals surface area contributed by atoms with Gasteiger partial charge in [-0.15, -0.1) is 0 Å². The van der Waals surface area contributed by atoms with Gasteiger partial charge >= 0.3 is 18.3 Å². The van der Waals surface area contributed by atoms with Crippen molar-refractivity contribution < 1.29 is 31.1 Å². The SMILES string of the molecule is O=C(N1Cc2cc(Nc3ncc(C(F)(F)F)c(Cl)n3)c(C3CC3)cc2C1)C(F)(F)F. The van der Waals surface area contributed by atoms with E-state index in [1.165, 1.54) is 0 Å². The lowest BCUT2D eigenvalue weighted by molar-refractivity contribution is -0.186. The highest BCUT2D eigenvalue weighted by atomic mass is 35.5. The maximum absolute atomic E-state index is 12.8. The van der Waals surface area contributed by atoms with Crippen molar-refractivity contribution in [3.63, 3.8) is 0 Å². The number of nitrogens with one attached hydrogen (secondary N) is 1. The highest BCUT2D eigenvalue weighted by molar-refractivity contribution is 6.30. The van der Waals surface area contributed by atoms with Crippen LogP contribution in [0, 0.1) is 0 Å². The van der Waals surface area contributed by atoms with Crippen LogP contribution in [-0.2, 0) is 24.1 Å². The third kappa shape index (κ3) is 4.03. The number of amides is 1. The van der Waals surface area contributed by atoms with Crippen LogP contribution in [0.15, 0.2) is 18.3 Å². The summed E-state index contributed by atoms with van der Waals surface area (Å²) in [6, 6.07) is 3.31. The third-order valence-corrected chi connectivity index (χ3v) is 5.22. The number of alkyl halides is 6. The summed E-state index contributed by atoms with van der Waals surface area (Å²) >= 11 is 5.62. The largest absolute Gasteiger partial charge is 0.471 e. The van der Waals surface area contributed by atoms with E-state index in [0.29, 0.717) is 27.9 Å². The average Bonchev–Trinajstić information content (AvgIpc) is 3.38. The minimum Gasteiger partial charge on any atom is -0.326 e. The van der Waals surface area contributed by atoms with Gasteiger partial charge in [0.2, 0.25) is 5.95 Å². The smallest absolute Gasteiger partial charge is 0.326 e. The van der Waals surface area contributed by atoms with E-state index in [9.17, 15) is 31.1 Å². The van der Waals surface area contributed by atoms with Gasteiger partial charge in [0.1, 0.15) is 10.7 Å². The molecule has 1 fully saturated rings. The van der Waals surface area contributed by atoms with Crippen molar-refractivity contribution in [1.29, 1.82) is 0 Å². The number of hydrogen-bond donors (Lipinski definition) is 1. The van der Waals surface area contributed by atoms with Crippen molar-refractivity contribution in [1.82, 2.24) is 14.9 Å². The first-order valence-electron chi connectivity index (χ1n) is 8.82. The van der Waals surface area contributed by atoms with Crippen LogP contribution in [0.3, 0.4) is 0 Å². The molecule has 0 bridgehead atoms. The molecule has 1 aliphatic carbocycles. The van der Waals surface area contributed by atoms with Crippen LogP contribution in [0.4, 0.5) is 38.0 Å².